The number of carbonyl (C=O) groups is 3. The fraction of sp³-hybridized carbons (Fsp3) is 0.412. The molecule has 0 bridgehead atoms. The molecule has 2 amide bonds. The summed E-state index contributed by atoms with van der Waals surface area (Å²) in [6.45, 7) is 0.668. The van der Waals surface area contributed by atoms with E-state index in [9.17, 15) is 14.4 Å². The number of nitrogens with zero attached hydrogens (tertiary/aromatic N) is 1. The van der Waals surface area contributed by atoms with Gasteiger partial charge in [-0.05, 0) is 25.0 Å². The summed E-state index contributed by atoms with van der Waals surface area (Å²) in [6.07, 6.45) is 1.60. The lowest BCUT2D eigenvalue weighted by Gasteiger charge is -2.24. The Labute approximate surface area is 145 Å². The summed E-state index contributed by atoms with van der Waals surface area (Å²) in [6, 6.07) is 6.31. The van der Waals surface area contributed by atoms with Gasteiger partial charge in [0.15, 0.2) is 0 Å². The molecule has 0 saturated carbocycles. The van der Waals surface area contributed by atoms with Crippen LogP contribution in [-0.2, 0) is 9.59 Å². The molecule has 1 aliphatic rings. The molecule has 1 aliphatic heterocycles. The first-order chi connectivity index (χ1) is 11.9. The van der Waals surface area contributed by atoms with Gasteiger partial charge in [0, 0.05) is 36.7 Å². The molecule has 1 aromatic rings. The van der Waals surface area contributed by atoms with Crippen molar-refractivity contribution in [2.45, 2.75) is 31.7 Å². The van der Waals surface area contributed by atoms with Crippen molar-refractivity contribution < 1.29 is 19.5 Å². The van der Waals surface area contributed by atoms with E-state index in [0.29, 0.717) is 17.7 Å². The molecule has 1 unspecified atom stereocenters. The standard InChI is InChI=1S/C17H22N4O4/c18-16(19)11-3-5-12(6-4-11)17(25)21-9-1-2-13(21)10-14(22)20-8-7-15(23)24/h3-6,13H,1-2,7-10H2,(H3,18,19)(H,20,22)(H,23,24). The molecule has 1 atom stereocenters. The Morgan fingerprint density at radius 1 is 1.24 bits per heavy atom. The van der Waals surface area contributed by atoms with Crippen LogP contribution in [0, 0.1) is 5.41 Å². The van der Waals surface area contributed by atoms with Crippen molar-refractivity contribution in [1.29, 1.82) is 5.41 Å². The summed E-state index contributed by atoms with van der Waals surface area (Å²) in [5, 5.41) is 18.5. The van der Waals surface area contributed by atoms with Gasteiger partial charge in [-0.2, -0.15) is 0 Å². The minimum Gasteiger partial charge on any atom is -0.481 e. The molecule has 0 radical (unpaired) electrons. The summed E-state index contributed by atoms with van der Waals surface area (Å²) >= 11 is 0. The molecule has 1 saturated heterocycles. The molecule has 0 spiro atoms. The quantitative estimate of drug-likeness (QED) is 0.422. The molecule has 5 N–H and O–H groups in total. The molecule has 1 fully saturated rings. The van der Waals surface area contributed by atoms with Crippen LogP contribution in [0.4, 0.5) is 0 Å². The molecule has 134 valence electrons. The number of amides is 2. The van der Waals surface area contributed by atoms with Gasteiger partial charge in [0.25, 0.3) is 5.91 Å². The number of nitrogen functional groups attached to an aromatic ring is 1. The van der Waals surface area contributed by atoms with Crippen molar-refractivity contribution in [3.63, 3.8) is 0 Å². The molecule has 2 rings (SSSR count). The zero-order valence-corrected chi connectivity index (χ0v) is 13.8. The summed E-state index contributed by atoms with van der Waals surface area (Å²) < 4.78 is 0. The number of nitrogens with one attached hydrogen (secondary N) is 2. The normalized spacial score (nSPS) is 16.5. The third-order valence-corrected chi connectivity index (χ3v) is 4.16. The fourth-order valence-electron chi connectivity index (χ4n) is 2.87. The van der Waals surface area contributed by atoms with Gasteiger partial charge >= 0.3 is 5.97 Å². The zero-order chi connectivity index (χ0) is 18.4. The van der Waals surface area contributed by atoms with E-state index in [2.05, 4.69) is 5.32 Å². The van der Waals surface area contributed by atoms with Gasteiger partial charge < -0.3 is 21.1 Å². The van der Waals surface area contributed by atoms with E-state index in [1.807, 2.05) is 0 Å². The first-order valence-electron chi connectivity index (χ1n) is 8.12. The largest absolute Gasteiger partial charge is 0.481 e. The number of nitrogens with two attached hydrogens (primary N) is 1. The van der Waals surface area contributed by atoms with Gasteiger partial charge in [0.2, 0.25) is 5.91 Å². The van der Waals surface area contributed by atoms with E-state index in [0.717, 1.165) is 12.8 Å². The van der Waals surface area contributed by atoms with Crippen LogP contribution in [0.25, 0.3) is 0 Å². The van der Waals surface area contributed by atoms with E-state index in [1.165, 1.54) is 0 Å². The molecule has 1 heterocycles. The predicted octanol–water partition coefficient (Wildman–Crippen LogP) is 0.556. The maximum Gasteiger partial charge on any atom is 0.305 e. The number of aliphatic carboxylic acids is 1. The maximum absolute atomic E-state index is 12.7. The van der Waals surface area contributed by atoms with E-state index in [4.69, 9.17) is 16.2 Å². The summed E-state index contributed by atoms with van der Waals surface area (Å²) in [4.78, 5) is 36.7. The van der Waals surface area contributed by atoms with Crippen LogP contribution < -0.4 is 11.1 Å². The molecule has 25 heavy (non-hydrogen) atoms. The van der Waals surface area contributed by atoms with Gasteiger partial charge in [-0.3, -0.25) is 19.8 Å². The molecule has 0 aromatic heterocycles. The van der Waals surface area contributed by atoms with Crippen LogP contribution >= 0.6 is 0 Å². The number of hydrogen-bond acceptors (Lipinski definition) is 4. The van der Waals surface area contributed by atoms with E-state index >= 15 is 0 Å². The van der Waals surface area contributed by atoms with Gasteiger partial charge in [-0.25, -0.2) is 0 Å². The van der Waals surface area contributed by atoms with Gasteiger partial charge in [-0.1, -0.05) is 12.1 Å². The lowest BCUT2D eigenvalue weighted by Crippen LogP contribution is -2.39. The Kier molecular flexibility index (Phi) is 6.10. The molecule has 8 nitrogen and oxygen atoms in total. The summed E-state index contributed by atoms with van der Waals surface area (Å²) in [5.41, 5.74) is 6.44. The third-order valence-electron chi connectivity index (χ3n) is 4.16. The molecule has 8 heteroatoms. The fourth-order valence-corrected chi connectivity index (χ4v) is 2.87. The second-order valence-corrected chi connectivity index (χ2v) is 5.98. The Bertz CT molecular complexity index is 672. The number of likely N-dealkylation sites (tertiary alicyclic amines) is 1. The third kappa shape index (κ3) is 5.03. The van der Waals surface area contributed by atoms with Crippen LogP contribution in [0.2, 0.25) is 0 Å². The van der Waals surface area contributed by atoms with Crippen LogP contribution in [-0.4, -0.2) is 52.8 Å². The average Bonchev–Trinajstić information content (AvgIpc) is 3.01. The van der Waals surface area contributed by atoms with Crippen molar-refractivity contribution in [2.75, 3.05) is 13.1 Å². The van der Waals surface area contributed by atoms with Crippen molar-refractivity contribution in [3.8, 4) is 0 Å². The van der Waals surface area contributed by atoms with Crippen molar-refractivity contribution >= 4 is 23.6 Å². The maximum atomic E-state index is 12.7. The monoisotopic (exact) mass is 346 g/mol. The highest BCUT2D eigenvalue weighted by Crippen LogP contribution is 2.22. The summed E-state index contributed by atoms with van der Waals surface area (Å²) in [7, 11) is 0. The van der Waals surface area contributed by atoms with Gasteiger partial charge in [-0.15, -0.1) is 0 Å². The molecular formula is C17H22N4O4. The highest BCUT2D eigenvalue weighted by atomic mass is 16.4. The van der Waals surface area contributed by atoms with Crippen LogP contribution in [0.5, 0.6) is 0 Å². The molecule has 1 aromatic carbocycles. The van der Waals surface area contributed by atoms with E-state index < -0.39 is 5.97 Å². The minimum atomic E-state index is -0.966. The Hall–Kier alpha value is -2.90. The molecule has 0 aliphatic carbocycles. The Morgan fingerprint density at radius 3 is 2.48 bits per heavy atom. The second kappa shape index (κ2) is 8.27. The van der Waals surface area contributed by atoms with Crippen molar-refractivity contribution in [2.24, 2.45) is 5.73 Å². The van der Waals surface area contributed by atoms with E-state index in [1.54, 1.807) is 29.2 Å². The van der Waals surface area contributed by atoms with Gasteiger partial charge in [0.05, 0.1) is 6.42 Å². The number of carbonyl (C=O) groups excluding carboxylic acids is 2. The molecular weight excluding hydrogens is 324 g/mol. The Morgan fingerprint density at radius 2 is 1.88 bits per heavy atom. The smallest absolute Gasteiger partial charge is 0.305 e. The number of carboxylic acids is 1. The number of amidine groups is 1. The Balaban J connectivity index is 1.95. The highest BCUT2D eigenvalue weighted by Gasteiger charge is 2.30. The van der Waals surface area contributed by atoms with Crippen molar-refractivity contribution in [1.82, 2.24) is 10.2 Å². The first kappa shape index (κ1) is 18.4. The minimum absolute atomic E-state index is 0.0592. The van der Waals surface area contributed by atoms with Crippen LogP contribution in [0.3, 0.4) is 0 Å². The highest BCUT2D eigenvalue weighted by molar-refractivity contribution is 5.98. The first-order valence-corrected chi connectivity index (χ1v) is 8.12. The number of rotatable bonds is 7. The topological polar surface area (TPSA) is 137 Å². The van der Waals surface area contributed by atoms with Crippen LogP contribution in [0.1, 0.15) is 41.6 Å². The van der Waals surface area contributed by atoms with E-state index in [-0.39, 0.29) is 43.1 Å². The zero-order valence-electron chi connectivity index (χ0n) is 13.8. The van der Waals surface area contributed by atoms with Crippen LogP contribution in [0.15, 0.2) is 24.3 Å². The lowest BCUT2D eigenvalue weighted by molar-refractivity contribution is -0.136. The second-order valence-electron chi connectivity index (χ2n) is 5.98. The number of benzene rings is 1. The predicted molar refractivity (Wildman–Crippen MR) is 91.4 cm³/mol. The summed E-state index contributed by atoms with van der Waals surface area (Å²) in [5.74, 6) is -1.43. The average molecular weight is 346 g/mol. The van der Waals surface area contributed by atoms with Gasteiger partial charge in [0.1, 0.15) is 5.84 Å². The SMILES string of the molecule is N=C(N)c1ccc(C(=O)N2CCCC2CC(=O)NCCC(=O)O)cc1. The number of carboxylic acid groups (broad SMARTS) is 1. The lowest BCUT2D eigenvalue weighted by atomic mass is 10.1. The number of hydrogen-bond donors (Lipinski definition) is 4. The van der Waals surface area contributed by atoms with Crippen molar-refractivity contribution in [3.05, 3.63) is 35.4 Å².